The lowest BCUT2D eigenvalue weighted by molar-refractivity contribution is -0.137. The molecule has 0 saturated carbocycles. The molecule has 0 aromatic carbocycles. The van der Waals surface area contributed by atoms with Crippen molar-refractivity contribution in [3.05, 3.63) is 30.2 Å². The summed E-state index contributed by atoms with van der Waals surface area (Å²) in [5, 5.41) is 23.1. The molecular formula is C19H24N4O4. The fraction of sp³-hybridized carbons (Fsp3) is 0.474. The third-order valence-corrected chi connectivity index (χ3v) is 4.80. The molecule has 0 radical (unpaired) electrons. The van der Waals surface area contributed by atoms with Crippen molar-refractivity contribution >= 4 is 28.5 Å². The van der Waals surface area contributed by atoms with Gasteiger partial charge in [-0.15, -0.1) is 0 Å². The zero-order valence-electron chi connectivity index (χ0n) is 15.3. The Kier molecular flexibility index (Phi) is 5.55. The van der Waals surface area contributed by atoms with Crippen molar-refractivity contribution in [1.29, 1.82) is 0 Å². The summed E-state index contributed by atoms with van der Waals surface area (Å²) in [5.74, 6) is -1.15. The Balaban J connectivity index is 1.63. The van der Waals surface area contributed by atoms with Crippen LogP contribution in [0, 0.1) is 6.92 Å². The van der Waals surface area contributed by atoms with Crippen molar-refractivity contribution in [3.63, 3.8) is 0 Å². The minimum absolute atomic E-state index is 0.0338. The lowest BCUT2D eigenvalue weighted by atomic mass is 10.0. The first kappa shape index (κ1) is 19.0. The molecule has 0 unspecified atom stereocenters. The van der Waals surface area contributed by atoms with Gasteiger partial charge in [0.05, 0.1) is 5.52 Å². The molecule has 8 heteroatoms. The number of carboxylic acids is 1. The Labute approximate surface area is 157 Å². The first-order valence-corrected chi connectivity index (χ1v) is 9.03. The summed E-state index contributed by atoms with van der Waals surface area (Å²) < 4.78 is 0. The predicted molar refractivity (Wildman–Crippen MR) is 101 cm³/mol. The van der Waals surface area contributed by atoms with Crippen molar-refractivity contribution in [2.24, 2.45) is 0 Å². The van der Waals surface area contributed by atoms with Crippen molar-refractivity contribution in [1.82, 2.24) is 15.3 Å². The second-order valence-electron chi connectivity index (χ2n) is 7.10. The van der Waals surface area contributed by atoms with E-state index in [2.05, 4.69) is 20.2 Å². The number of aromatic nitrogens is 2. The molecule has 1 atom stereocenters. The van der Waals surface area contributed by atoms with Gasteiger partial charge >= 0.3 is 5.97 Å². The van der Waals surface area contributed by atoms with Crippen LogP contribution in [0.5, 0.6) is 0 Å². The van der Waals surface area contributed by atoms with Crippen molar-refractivity contribution in [2.45, 2.75) is 38.2 Å². The fourth-order valence-corrected chi connectivity index (χ4v) is 3.40. The van der Waals surface area contributed by atoms with Crippen LogP contribution < -0.4 is 10.2 Å². The van der Waals surface area contributed by atoms with Gasteiger partial charge in [-0.2, -0.15) is 0 Å². The molecule has 1 aliphatic heterocycles. The molecule has 1 aliphatic rings. The number of amides is 1. The Bertz CT molecular complexity index is 857. The molecule has 144 valence electrons. The number of fused-ring (bicyclic) bond motifs is 1. The molecule has 0 aliphatic carbocycles. The first-order chi connectivity index (χ1) is 12.9. The number of carboxylic acid groups (broad SMARTS) is 1. The zero-order valence-corrected chi connectivity index (χ0v) is 15.3. The van der Waals surface area contributed by atoms with E-state index in [1.807, 2.05) is 19.1 Å². The quantitative estimate of drug-likeness (QED) is 0.670. The average molecular weight is 372 g/mol. The molecular weight excluding hydrogens is 348 g/mol. The second-order valence-corrected chi connectivity index (χ2v) is 7.10. The number of hydrogen-bond acceptors (Lipinski definition) is 6. The lowest BCUT2D eigenvalue weighted by Gasteiger charge is -2.25. The average Bonchev–Trinajstić information content (AvgIpc) is 3.01. The largest absolute Gasteiger partial charge is 0.481 e. The molecule has 1 fully saturated rings. The third-order valence-electron chi connectivity index (χ3n) is 4.80. The molecule has 3 heterocycles. The van der Waals surface area contributed by atoms with Crippen LogP contribution in [0.25, 0.3) is 10.9 Å². The van der Waals surface area contributed by atoms with Gasteiger partial charge in [-0.3, -0.25) is 19.6 Å². The smallest absolute Gasteiger partial charge is 0.303 e. The molecule has 3 rings (SSSR count). The lowest BCUT2D eigenvalue weighted by Crippen LogP contribution is -2.45. The fourth-order valence-electron chi connectivity index (χ4n) is 3.40. The third kappa shape index (κ3) is 4.71. The van der Waals surface area contributed by atoms with Gasteiger partial charge in [0.25, 0.3) is 0 Å². The normalized spacial score (nSPS) is 19.4. The second kappa shape index (κ2) is 7.87. The number of aliphatic carboxylic acids is 1. The summed E-state index contributed by atoms with van der Waals surface area (Å²) in [4.78, 5) is 33.1. The van der Waals surface area contributed by atoms with Gasteiger partial charge in [0.2, 0.25) is 5.91 Å². The van der Waals surface area contributed by atoms with E-state index in [1.54, 1.807) is 12.4 Å². The highest BCUT2D eigenvalue weighted by molar-refractivity contribution is 5.91. The molecule has 0 bridgehead atoms. The first-order valence-electron chi connectivity index (χ1n) is 9.03. The number of aryl methyl sites for hydroxylation is 1. The number of nitrogens with one attached hydrogen (secondary N) is 1. The number of nitrogens with zero attached hydrogens (tertiary/aromatic N) is 3. The molecule has 27 heavy (non-hydrogen) atoms. The van der Waals surface area contributed by atoms with Gasteiger partial charge in [0.1, 0.15) is 5.60 Å². The van der Waals surface area contributed by atoms with Crippen LogP contribution in [-0.4, -0.2) is 57.3 Å². The number of hydrogen-bond donors (Lipinski definition) is 3. The molecule has 1 amide bonds. The van der Waals surface area contributed by atoms with E-state index in [0.717, 1.165) is 22.3 Å². The summed E-state index contributed by atoms with van der Waals surface area (Å²) >= 11 is 0. The standard InChI is InChI=1S/C19H24N4O4/c1-13-9-16(14-10-20-7-5-15(14)22-13)23-8-6-19(27,12-23)11-21-17(24)3-2-4-18(25)26/h5,7,9-10,27H,2-4,6,8,11-12H2,1H3,(H,21,24)(H,25,26)/t19-/m1/s1. The maximum absolute atomic E-state index is 11.8. The molecule has 1 saturated heterocycles. The number of carbonyl (C=O) groups is 2. The molecule has 2 aromatic rings. The van der Waals surface area contributed by atoms with Crippen LogP contribution >= 0.6 is 0 Å². The minimum Gasteiger partial charge on any atom is -0.481 e. The van der Waals surface area contributed by atoms with Crippen molar-refractivity contribution in [3.8, 4) is 0 Å². The molecule has 2 aromatic heterocycles. The maximum Gasteiger partial charge on any atom is 0.303 e. The number of anilines is 1. The number of pyridine rings is 2. The van der Waals surface area contributed by atoms with E-state index in [4.69, 9.17) is 5.11 Å². The van der Waals surface area contributed by atoms with E-state index in [1.165, 1.54) is 0 Å². The number of carbonyl (C=O) groups excluding carboxylic acids is 1. The highest BCUT2D eigenvalue weighted by Gasteiger charge is 2.37. The Hall–Kier alpha value is -2.74. The SMILES string of the molecule is Cc1cc(N2CC[C@@](O)(CNC(=O)CCCC(=O)O)C2)c2cnccc2n1. The molecule has 3 N–H and O–H groups in total. The topological polar surface area (TPSA) is 116 Å². The van der Waals surface area contributed by atoms with Crippen LogP contribution in [0.2, 0.25) is 0 Å². The molecule has 0 spiro atoms. The van der Waals surface area contributed by atoms with E-state index in [0.29, 0.717) is 25.9 Å². The summed E-state index contributed by atoms with van der Waals surface area (Å²) in [5.41, 5.74) is 1.72. The van der Waals surface area contributed by atoms with Gasteiger partial charge in [0.15, 0.2) is 0 Å². The Morgan fingerprint density at radius 2 is 2.19 bits per heavy atom. The van der Waals surface area contributed by atoms with Crippen LogP contribution in [0.3, 0.4) is 0 Å². The maximum atomic E-state index is 11.8. The summed E-state index contributed by atoms with van der Waals surface area (Å²) in [6, 6.07) is 3.85. The van der Waals surface area contributed by atoms with E-state index < -0.39 is 11.6 Å². The minimum atomic E-state index is -1.02. The van der Waals surface area contributed by atoms with Crippen molar-refractivity contribution in [2.75, 3.05) is 24.5 Å². The van der Waals surface area contributed by atoms with E-state index in [-0.39, 0.29) is 25.3 Å². The Morgan fingerprint density at radius 1 is 1.37 bits per heavy atom. The zero-order chi connectivity index (χ0) is 19.4. The van der Waals surface area contributed by atoms with Gasteiger partial charge in [-0.25, -0.2) is 0 Å². The van der Waals surface area contributed by atoms with Crippen LogP contribution in [0.15, 0.2) is 24.5 Å². The number of rotatable bonds is 7. The van der Waals surface area contributed by atoms with Gasteiger partial charge < -0.3 is 20.4 Å². The van der Waals surface area contributed by atoms with Crippen molar-refractivity contribution < 1.29 is 19.8 Å². The van der Waals surface area contributed by atoms with E-state index >= 15 is 0 Å². The van der Waals surface area contributed by atoms with Crippen LogP contribution in [-0.2, 0) is 9.59 Å². The summed E-state index contributed by atoms with van der Waals surface area (Å²) in [6.45, 7) is 3.15. The summed E-state index contributed by atoms with van der Waals surface area (Å²) in [6.07, 6.45) is 4.42. The highest BCUT2D eigenvalue weighted by atomic mass is 16.4. The van der Waals surface area contributed by atoms with E-state index in [9.17, 15) is 14.7 Å². The van der Waals surface area contributed by atoms with Gasteiger partial charge in [-0.05, 0) is 31.9 Å². The predicted octanol–water partition coefficient (Wildman–Crippen LogP) is 1.25. The Morgan fingerprint density at radius 3 is 2.96 bits per heavy atom. The molecule has 8 nitrogen and oxygen atoms in total. The van der Waals surface area contributed by atoms with Crippen LogP contribution in [0.4, 0.5) is 5.69 Å². The number of aliphatic hydroxyl groups is 1. The number of β-amino-alcohol motifs (C(OH)–C–C–N with tert-alkyl or cyclic N) is 1. The monoisotopic (exact) mass is 372 g/mol. The highest BCUT2D eigenvalue weighted by Crippen LogP contribution is 2.32. The van der Waals surface area contributed by atoms with Gasteiger partial charge in [-0.1, -0.05) is 0 Å². The van der Waals surface area contributed by atoms with Gasteiger partial charge in [0, 0.05) is 61.6 Å². The summed E-state index contributed by atoms with van der Waals surface area (Å²) in [7, 11) is 0. The van der Waals surface area contributed by atoms with Crippen LogP contribution in [0.1, 0.15) is 31.4 Å².